The smallest absolute Gasteiger partial charge is 0.465 e. The van der Waals surface area contributed by atoms with E-state index in [-0.39, 0.29) is 62.5 Å². The zero-order valence-corrected chi connectivity index (χ0v) is 33.2. The number of carbonyl (C=O) groups excluding carboxylic acids is 3. The van der Waals surface area contributed by atoms with Crippen LogP contribution in [0, 0.1) is 58.2 Å². The third kappa shape index (κ3) is 8.76. The first kappa shape index (κ1) is 41.2. The molecule has 312 valence electrons. The number of halogens is 2. The third-order valence-corrected chi connectivity index (χ3v) is 15.5. The first-order valence-corrected chi connectivity index (χ1v) is 22.3. The predicted octanol–water partition coefficient (Wildman–Crippen LogP) is 7.19. The Kier molecular flexibility index (Phi) is 12.0. The average molecular weight is 803 g/mol. The van der Waals surface area contributed by atoms with Crippen molar-refractivity contribution in [2.45, 2.75) is 147 Å². The summed E-state index contributed by atoms with van der Waals surface area (Å²) in [7, 11) is -6.06. The van der Waals surface area contributed by atoms with E-state index >= 15 is 0 Å². The van der Waals surface area contributed by atoms with Crippen LogP contribution in [-0.2, 0) is 53.2 Å². The van der Waals surface area contributed by atoms with Crippen LogP contribution in [0.4, 0.5) is 8.78 Å². The summed E-state index contributed by atoms with van der Waals surface area (Å²) in [5.74, 6) is -0.633. The van der Waals surface area contributed by atoms with E-state index < -0.39 is 44.1 Å². The Morgan fingerprint density at radius 3 is 2.24 bits per heavy atom. The molecule has 10 atom stereocenters. The lowest BCUT2D eigenvalue weighted by molar-refractivity contribution is -0.364. The van der Waals surface area contributed by atoms with E-state index in [4.69, 9.17) is 28.4 Å². The van der Waals surface area contributed by atoms with Gasteiger partial charge in [0, 0.05) is 5.92 Å². The maximum absolute atomic E-state index is 13.9. The fourth-order valence-corrected chi connectivity index (χ4v) is 12.4. The van der Waals surface area contributed by atoms with E-state index in [1.165, 1.54) is 12.8 Å². The molecule has 0 aromatic carbocycles. The molecule has 0 aromatic heterocycles. The van der Waals surface area contributed by atoms with Gasteiger partial charge in [0.2, 0.25) is 0 Å². The van der Waals surface area contributed by atoms with Crippen LogP contribution in [0.25, 0.3) is 0 Å². The van der Waals surface area contributed by atoms with Gasteiger partial charge in [-0.15, -0.1) is 0 Å². The van der Waals surface area contributed by atoms with Gasteiger partial charge in [-0.2, -0.15) is 22.1 Å². The molecule has 6 bridgehead atoms. The molecule has 0 spiro atoms. The number of carbonyl (C=O) groups is 3. The minimum absolute atomic E-state index is 0.0286. The first-order valence-electron chi connectivity index (χ1n) is 20.9. The van der Waals surface area contributed by atoms with Crippen molar-refractivity contribution in [1.29, 1.82) is 0 Å². The number of rotatable bonds is 12. The van der Waals surface area contributed by atoms with Crippen molar-refractivity contribution in [2.75, 3.05) is 26.4 Å². The fraction of sp³-hybridized carbons (Fsp3) is 0.925. The van der Waals surface area contributed by atoms with Crippen LogP contribution in [0.1, 0.15) is 129 Å². The summed E-state index contributed by atoms with van der Waals surface area (Å²) < 4.78 is 84.0. The summed E-state index contributed by atoms with van der Waals surface area (Å²) in [6, 6.07) is 0. The van der Waals surface area contributed by atoms with E-state index in [0.29, 0.717) is 55.3 Å². The predicted molar refractivity (Wildman–Crippen MR) is 191 cm³/mol. The molecule has 15 heteroatoms. The summed E-state index contributed by atoms with van der Waals surface area (Å²) in [5.41, 5.74) is -2.62. The summed E-state index contributed by atoms with van der Waals surface area (Å²) >= 11 is 0. The van der Waals surface area contributed by atoms with Crippen molar-refractivity contribution in [1.82, 2.24) is 0 Å². The second-order valence-corrected chi connectivity index (χ2v) is 20.5. The number of alkyl halides is 2. The second-order valence-electron chi connectivity index (χ2n) is 19.0. The highest BCUT2D eigenvalue weighted by Gasteiger charge is 2.57. The van der Waals surface area contributed by atoms with Crippen LogP contribution in [-0.4, -0.2) is 74.5 Å². The zero-order valence-electron chi connectivity index (χ0n) is 32.4. The quantitative estimate of drug-likeness (QED) is 0.0917. The molecule has 1 aliphatic heterocycles. The van der Waals surface area contributed by atoms with Crippen molar-refractivity contribution < 1.29 is 64.9 Å². The number of hydrogen-bond donors (Lipinski definition) is 1. The Bertz CT molecular complexity index is 1530. The van der Waals surface area contributed by atoms with E-state index in [2.05, 4.69) is 18.7 Å². The number of fused-ring (bicyclic) bond motifs is 6. The highest BCUT2D eigenvalue weighted by Crippen LogP contribution is 2.53. The lowest BCUT2D eigenvalue weighted by Crippen LogP contribution is -2.54. The Labute approximate surface area is 323 Å². The van der Waals surface area contributed by atoms with E-state index in [9.17, 15) is 31.6 Å². The molecule has 6 saturated carbocycles. The highest BCUT2D eigenvalue weighted by atomic mass is 32.2. The van der Waals surface area contributed by atoms with Crippen LogP contribution in [0.15, 0.2) is 0 Å². The molecule has 0 radical (unpaired) electrons. The van der Waals surface area contributed by atoms with Crippen molar-refractivity contribution in [3.8, 4) is 0 Å². The molecule has 0 aromatic rings. The monoisotopic (exact) mass is 802 g/mol. The maximum Gasteiger partial charge on any atom is 0.469 e. The fourth-order valence-electron chi connectivity index (χ4n) is 12.2. The molecule has 1 heterocycles. The summed E-state index contributed by atoms with van der Waals surface area (Å²) in [6.45, 7) is 4.55. The molecule has 7 fully saturated rings. The van der Waals surface area contributed by atoms with Gasteiger partial charge in [-0.05, 0) is 113 Å². The molecule has 10 unspecified atom stereocenters. The number of ether oxygens (including phenoxy) is 4. The van der Waals surface area contributed by atoms with Gasteiger partial charge in [-0.3, -0.25) is 19.0 Å². The topological polar surface area (TPSA) is 161 Å². The van der Waals surface area contributed by atoms with E-state index in [1.807, 2.05) is 0 Å². The molecule has 12 nitrogen and oxygen atoms in total. The largest absolute Gasteiger partial charge is 0.469 e. The normalized spacial score (nSPS) is 41.8. The molecular formula is C40H60F2O12S. The summed E-state index contributed by atoms with van der Waals surface area (Å²) in [6.07, 6.45) is 14.5. The van der Waals surface area contributed by atoms with Crippen LogP contribution in [0.3, 0.4) is 0 Å². The minimum Gasteiger partial charge on any atom is -0.465 e. The van der Waals surface area contributed by atoms with Gasteiger partial charge in [-0.25, -0.2) is 4.79 Å². The maximum atomic E-state index is 13.9. The Balaban J connectivity index is 1.02. The van der Waals surface area contributed by atoms with Gasteiger partial charge in [0.25, 0.3) is 0 Å². The third-order valence-electron chi connectivity index (χ3n) is 14.7. The molecular weight excluding hydrogens is 742 g/mol. The van der Waals surface area contributed by atoms with Gasteiger partial charge in [0.15, 0.2) is 6.29 Å². The molecule has 0 amide bonds. The Morgan fingerprint density at radius 2 is 1.51 bits per heavy atom. The SMILES string of the molecule is CCC1CCC2CC(C(=O)OCC3(COC(=O)C45CCCC(CC(C)C4)C5)COC(C4CC5CCCC(OOC(=O)C(F)(F)S(=O)(=O)O)(C5)C4)OC3)CC1C2. The molecule has 7 rings (SSSR count). The van der Waals surface area contributed by atoms with Crippen LogP contribution >= 0.6 is 0 Å². The van der Waals surface area contributed by atoms with E-state index in [0.717, 1.165) is 70.6 Å². The lowest BCUT2D eigenvalue weighted by atomic mass is 9.59. The summed E-state index contributed by atoms with van der Waals surface area (Å²) in [4.78, 5) is 49.4. The van der Waals surface area contributed by atoms with Gasteiger partial charge < -0.3 is 18.9 Å². The van der Waals surface area contributed by atoms with Gasteiger partial charge in [0.05, 0.1) is 30.0 Å². The summed E-state index contributed by atoms with van der Waals surface area (Å²) in [5, 5.41) is -5.18. The van der Waals surface area contributed by atoms with E-state index in [1.54, 1.807) is 0 Å². The van der Waals surface area contributed by atoms with Gasteiger partial charge in [0.1, 0.15) is 18.8 Å². The van der Waals surface area contributed by atoms with Gasteiger partial charge >= 0.3 is 33.3 Å². The van der Waals surface area contributed by atoms with Crippen LogP contribution in [0.2, 0.25) is 0 Å². The van der Waals surface area contributed by atoms with Gasteiger partial charge in [-0.1, -0.05) is 52.4 Å². The second kappa shape index (κ2) is 16.0. The highest BCUT2D eigenvalue weighted by molar-refractivity contribution is 7.87. The minimum atomic E-state index is -6.06. The first-order chi connectivity index (χ1) is 26.0. The van der Waals surface area contributed by atoms with Crippen molar-refractivity contribution in [2.24, 2.45) is 58.2 Å². The molecule has 1 saturated heterocycles. The number of hydrogen-bond acceptors (Lipinski definition) is 11. The zero-order chi connectivity index (χ0) is 39.2. The lowest BCUT2D eigenvalue weighted by Gasteiger charge is -2.49. The van der Waals surface area contributed by atoms with Crippen LogP contribution < -0.4 is 0 Å². The molecule has 6 aliphatic carbocycles. The molecule has 55 heavy (non-hydrogen) atoms. The molecule has 1 N–H and O–H groups in total. The standard InChI is InChI=1S/C40H60F2O12S/c1-3-29-9-8-26-13-30(29)16-31(14-26)33(43)49-21-37(24-52-35(44)38-10-4-6-27(18-38)12-25(2)17-38)22-50-34(51-23-37)32-15-28-7-5-11-39(19-28,20-32)54-53-36(45)40(41,42)55(46,47)48/h25-32,34H,3-24H2,1-2H3,(H,46,47,48). The van der Waals surface area contributed by atoms with Crippen molar-refractivity contribution in [3.63, 3.8) is 0 Å². The number of esters is 2. The molecule has 7 aliphatic rings. The van der Waals surface area contributed by atoms with Crippen molar-refractivity contribution in [3.05, 3.63) is 0 Å². The van der Waals surface area contributed by atoms with Crippen molar-refractivity contribution >= 4 is 28.0 Å². The Morgan fingerprint density at radius 1 is 0.818 bits per heavy atom. The Hall–Kier alpha value is -1.94. The average Bonchev–Trinajstić information content (AvgIpc) is 3.14. The van der Waals surface area contributed by atoms with Crippen LogP contribution in [0.5, 0.6) is 0 Å².